The second kappa shape index (κ2) is 4.48. The number of rotatable bonds is 2. The molecule has 4 heteroatoms. The number of hydrogen-bond donors (Lipinski definition) is 1. The SMILES string of the molecule is NC(c1cccc2ccccc12)N1C(=O)CCC1=O. The highest BCUT2D eigenvalue weighted by molar-refractivity contribution is 6.02. The Balaban J connectivity index is 2.09. The van der Waals surface area contributed by atoms with Gasteiger partial charge in [0.05, 0.1) is 0 Å². The van der Waals surface area contributed by atoms with Crippen molar-refractivity contribution in [3.63, 3.8) is 0 Å². The predicted octanol–water partition coefficient (Wildman–Crippen LogP) is 1.95. The summed E-state index contributed by atoms with van der Waals surface area (Å²) in [5.41, 5.74) is 6.94. The number of nitrogens with two attached hydrogens (primary N) is 1. The van der Waals surface area contributed by atoms with Crippen molar-refractivity contribution in [2.75, 3.05) is 0 Å². The number of carbonyl (C=O) groups excluding carboxylic acids is 2. The molecule has 1 saturated heterocycles. The molecular formula is C15H14N2O2. The quantitative estimate of drug-likeness (QED) is 0.833. The lowest BCUT2D eigenvalue weighted by Crippen LogP contribution is -2.38. The van der Waals surface area contributed by atoms with Gasteiger partial charge in [0.2, 0.25) is 11.8 Å². The molecule has 96 valence electrons. The fraction of sp³-hybridized carbons (Fsp3) is 0.200. The normalized spacial score (nSPS) is 17.2. The molecule has 1 aliphatic heterocycles. The molecule has 0 bridgehead atoms. The average Bonchev–Trinajstić information content (AvgIpc) is 2.77. The third kappa shape index (κ3) is 1.90. The van der Waals surface area contributed by atoms with Crippen LogP contribution in [0.2, 0.25) is 0 Å². The zero-order chi connectivity index (χ0) is 13.4. The highest BCUT2D eigenvalue weighted by atomic mass is 16.2. The van der Waals surface area contributed by atoms with Crippen molar-refractivity contribution in [1.29, 1.82) is 0 Å². The van der Waals surface area contributed by atoms with Crippen LogP contribution in [0.25, 0.3) is 10.8 Å². The molecule has 0 spiro atoms. The van der Waals surface area contributed by atoms with Gasteiger partial charge in [0.25, 0.3) is 0 Å². The van der Waals surface area contributed by atoms with E-state index in [0.717, 1.165) is 16.3 Å². The minimum atomic E-state index is -0.700. The molecule has 0 aliphatic carbocycles. The Morgan fingerprint density at radius 1 is 0.947 bits per heavy atom. The number of hydrogen-bond acceptors (Lipinski definition) is 3. The second-order valence-corrected chi connectivity index (χ2v) is 4.67. The van der Waals surface area contributed by atoms with Crippen molar-refractivity contribution >= 4 is 22.6 Å². The molecular weight excluding hydrogens is 240 g/mol. The summed E-state index contributed by atoms with van der Waals surface area (Å²) in [5.74, 6) is -0.379. The Kier molecular flexibility index (Phi) is 2.80. The third-order valence-corrected chi connectivity index (χ3v) is 3.51. The van der Waals surface area contributed by atoms with Crippen LogP contribution in [0.5, 0.6) is 0 Å². The van der Waals surface area contributed by atoms with Gasteiger partial charge in [-0.1, -0.05) is 42.5 Å². The standard InChI is InChI=1S/C15H14N2O2/c16-15(17-13(18)8-9-14(17)19)12-7-3-5-10-4-1-2-6-11(10)12/h1-7,15H,8-9,16H2. The number of fused-ring (bicyclic) bond motifs is 1. The van der Waals surface area contributed by atoms with Gasteiger partial charge in [0, 0.05) is 12.8 Å². The molecule has 2 N–H and O–H groups in total. The van der Waals surface area contributed by atoms with E-state index in [9.17, 15) is 9.59 Å². The van der Waals surface area contributed by atoms with Gasteiger partial charge in [-0.3, -0.25) is 14.5 Å². The maximum absolute atomic E-state index is 11.8. The predicted molar refractivity (Wildman–Crippen MR) is 72.0 cm³/mol. The summed E-state index contributed by atoms with van der Waals surface area (Å²) in [6.45, 7) is 0. The van der Waals surface area contributed by atoms with Crippen LogP contribution in [-0.4, -0.2) is 16.7 Å². The summed E-state index contributed by atoms with van der Waals surface area (Å²) in [5, 5.41) is 2.03. The zero-order valence-electron chi connectivity index (χ0n) is 10.4. The molecule has 0 aromatic heterocycles. The monoisotopic (exact) mass is 254 g/mol. The molecule has 1 aliphatic rings. The Hall–Kier alpha value is -2.20. The summed E-state index contributed by atoms with van der Waals surface area (Å²) >= 11 is 0. The van der Waals surface area contributed by atoms with Gasteiger partial charge < -0.3 is 5.73 Å². The van der Waals surface area contributed by atoms with Crippen LogP contribution in [-0.2, 0) is 9.59 Å². The number of imide groups is 1. The van der Waals surface area contributed by atoms with Crippen molar-refractivity contribution in [3.8, 4) is 0 Å². The maximum Gasteiger partial charge on any atom is 0.231 e. The molecule has 3 rings (SSSR count). The van der Waals surface area contributed by atoms with Gasteiger partial charge in [0.1, 0.15) is 6.17 Å². The topological polar surface area (TPSA) is 63.4 Å². The number of benzene rings is 2. The average molecular weight is 254 g/mol. The molecule has 1 heterocycles. The van der Waals surface area contributed by atoms with E-state index in [1.807, 2.05) is 42.5 Å². The third-order valence-electron chi connectivity index (χ3n) is 3.51. The largest absolute Gasteiger partial charge is 0.307 e. The minimum absolute atomic E-state index is 0.189. The number of amides is 2. The summed E-state index contributed by atoms with van der Waals surface area (Å²) in [6, 6.07) is 13.6. The molecule has 1 fully saturated rings. The molecule has 1 atom stereocenters. The first-order chi connectivity index (χ1) is 9.18. The fourth-order valence-electron chi connectivity index (χ4n) is 2.55. The van der Waals surface area contributed by atoms with E-state index in [-0.39, 0.29) is 24.7 Å². The van der Waals surface area contributed by atoms with Crippen molar-refractivity contribution in [2.45, 2.75) is 19.0 Å². The first kappa shape index (κ1) is 11.9. The Morgan fingerprint density at radius 3 is 2.32 bits per heavy atom. The van der Waals surface area contributed by atoms with Gasteiger partial charge >= 0.3 is 0 Å². The number of carbonyl (C=O) groups is 2. The molecule has 19 heavy (non-hydrogen) atoms. The molecule has 1 unspecified atom stereocenters. The van der Waals surface area contributed by atoms with Gasteiger partial charge in [-0.2, -0.15) is 0 Å². The molecule has 2 amide bonds. The fourth-order valence-corrected chi connectivity index (χ4v) is 2.55. The first-order valence-corrected chi connectivity index (χ1v) is 6.26. The van der Waals surface area contributed by atoms with Gasteiger partial charge in [-0.15, -0.1) is 0 Å². The minimum Gasteiger partial charge on any atom is -0.307 e. The molecule has 4 nitrogen and oxygen atoms in total. The second-order valence-electron chi connectivity index (χ2n) is 4.67. The lowest BCUT2D eigenvalue weighted by Gasteiger charge is -2.23. The van der Waals surface area contributed by atoms with Crippen LogP contribution in [0.15, 0.2) is 42.5 Å². The number of likely N-dealkylation sites (tertiary alicyclic amines) is 1. The van der Waals surface area contributed by atoms with E-state index in [1.165, 1.54) is 4.90 Å². The Bertz CT molecular complexity index is 645. The van der Waals surface area contributed by atoms with Crippen LogP contribution < -0.4 is 5.73 Å². The van der Waals surface area contributed by atoms with Crippen LogP contribution >= 0.6 is 0 Å². The molecule has 2 aromatic rings. The van der Waals surface area contributed by atoms with Crippen LogP contribution in [0.1, 0.15) is 24.6 Å². The van der Waals surface area contributed by atoms with E-state index < -0.39 is 6.17 Å². The van der Waals surface area contributed by atoms with Crippen LogP contribution in [0, 0.1) is 0 Å². The summed E-state index contributed by atoms with van der Waals surface area (Å²) < 4.78 is 0. The van der Waals surface area contributed by atoms with E-state index in [0.29, 0.717) is 0 Å². The van der Waals surface area contributed by atoms with E-state index in [1.54, 1.807) is 0 Å². The summed E-state index contributed by atoms with van der Waals surface area (Å²) in [4.78, 5) is 24.7. The van der Waals surface area contributed by atoms with Crippen LogP contribution in [0.3, 0.4) is 0 Å². The van der Waals surface area contributed by atoms with Gasteiger partial charge in [-0.05, 0) is 16.3 Å². The van der Waals surface area contributed by atoms with Crippen molar-refractivity contribution in [3.05, 3.63) is 48.0 Å². The lowest BCUT2D eigenvalue weighted by atomic mass is 10.0. The first-order valence-electron chi connectivity index (χ1n) is 6.26. The van der Waals surface area contributed by atoms with Gasteiger partial charge in [-0.25, -0.2) is 0 Å². The molecule has 2 aromatic carbocycles. The van der Waals surface area contributed by atoms with Gasteiger partial charge in [0.15, 0.2) is 0 Å². The van der Waals surface area contributed by atoms with E-state index in [4.69, 9.17) is 5.73 Å². The van der Waals surface area contributed by atoms with Crippen molar-refractivity contribution in [1.82, 2.24) is 4.90 Å². The Morgan fingerprint density at radius 2 is 1.58 bits per heavy atom. The highest BCUT2D eigenvalue weighted by Gasteiger charge is 2.34. The van der Waals surface area contributed by atoms with E-state index >= 15 is 0 Å². The van der Waals surface area contributed by atoms with Crippen LogP contribution in [0.4, 0.5) is 0 Å². The summed E-state index contributed by atoms with van der Waals surface area (Å²) in [7, 11) is 0. The smallest absolute Gasteiger partial charge is 0.231 e. The van der Waals surface area contributed by atoms with Crippen molar-refractivity contribution in [2.24, 2.45) is 5.73 Å². The van der Waals surface area contributed by atoms with Crippen molar-refractivity contribution < 1.29 is 9.59 Å². The molecule has 0 radical (unpaired) electrons. The number of nitrogens with zero attached hydrogens (tertiary/aromatic N) is 1. The Labute approximate surface area is 110 Å². The van der Waals surface area contributed by atoms with E-state index in [2.05, 4.69) is 0 Å². The maximum atomic E-state index is 11.8. The highest BCUT2D eigenvalue weighted by Crippen LogP contribution is 2.28. The molecule has 0 saturated carbocycles. The summed E-state index contributed by atoms with van der Waals surface area (Å²) in [6.07, 6.45) is -0.178. The zero-order valence-corrected chi connectivity index (χ0v) is 10.4. The lowest BCUT2D eigenvalue weighted by molar-refractivity contribution is -0.141.